The first-order valence-corrected chi connectivity index (χ1v) is 10.0. The van der Waals surface area contributed by atoms with E-state index in [1.807, 2.05) is 36.4 Å². The fraction of sp³-hybridized carbons (Fsp3) is 0.304. The summed E-state index contributed by atoms with van der Waals surface area (Å²) in [5.74, 6) is 2.20. The Morgan fingerprint density at radius 3 is 2.53 bits per heavy atom. The van der Waals surface area contributed by atoms with Gasteiger partial charge in [-0.05, 0) is 20.3 Å². The lowest BCUT2D eigenvalue weighted by Crippen LogP contribution is -2.04. The van der Waals surface area contributed by atoms with Crippen LogP contribution in [0.1, 0.15) is 54.4 Å². The molecule has 0 spiro atoms. The maximum absolute atomic E-state index is 5.69. The first-order chi connectivity index (χ1) is 14.6. The first kappa shape index (κ1) is 21.4. The molecule has 2 atom stereocenters. The number of hydrogen-bond donors (Lipinski definition) is 1. The normalized spacial score (nSPS) is 18.6. The fourth-order valence-corrected chi connectivity index (χ4v) is 2.69. The lowest BCUT2D eigenvalue weighted by atomic mass is 10.1. The average molecular weight is 406 g/mol. The zero-order valence-corrected chi connectivity index (χ0v) is 17.3. The summed E-state index contributed by atoms with van der Waals surface area (Å²) >= 11 is 0. The average Bonchev–Trinajstić information content (AvgIpc) is 3.37. The van der Waals surface area contributed by atoms with Crippen LogP contribution >= 0.6 is 0 Å². The van der Waals surface area contributed by atoms with Gasteiger partial charge < -0.3 is 14.7 Å². The molecule has 2 heterocycles. The zero-order chi connectivity index (χ0) is 21.2. The molecule has 0 bridgehead atoms. The highest BCUT2D eigenvalue weighted by atomic mass is 16.5. The van der Waals surface area contributed by atoms with Crippen LogP contribution in [0.2, 0.25) is 0 Å². The van der Waals surface area contributed by atoms with Gasteiger partial charge in [0.25, 0.3) is 0 Å². The first-order valence-electron chi connectivity index (χ1n) is 10.0. The highest BCUT2D eigenvalue weighted by molar-refractivity contribution is 5.22. The number of nitrogens with zero attached hydrogens (tertiary/aromatic N) is 4. The predicted octanol–water partition coefficient (Wildman–Crippen LogP) is 4.41. The molecule has 1 aliphatic carbocycles. The Balaban J connectivity index is 0.000000310. The minimum atomic E-state index is -0.266. The van der Waals surface area contributed by atoms with Crippen molar-refractivity contribution in [2.45, 2.75) is 45.1 Å². The van der Waals surface area contributed by atoms with Crippen LogP contribution in [-0.2, 0) is 12.8 Å². The highest BCUT2D eigenvalue weighted by Crippen LogP contribution is 2.18. The Labute approximate surface area is 176 Å². The lowest BCUT2D eigenvalue weighted by molar-refractivity contribution is 0.364. The molecule has 1 aliphatic rings. The number of rotatable bonds is 5. The topological polar surface area (TPSA) is 104 Å². The Bertz CT molecular complexity index is 986. The summed E-state index contributed by atoms with van der Waals surface area (Å²) in [6.07, 6.45) is 14.3. The van der Waals surface area contributed by atoms with Crippen molar-refractivity contribution < 1.29 is 8.94 Å². The molecule has 0 aliphatic heterocycles. The summed E-state index contributed by atoms with van der Waals surface area (Å²) in [4.78, 5) is 4.44. The summed E-state index contributed by atoms with van der Waals surface area (Å²) in [7, 11) is 0. The summed E-state index contributed by atoms with van der Waals surface area (Å²) in [6, 6.07) is 10.00. The summed E-state index contributed by atoms with van der Waals surface area (Å²) in [5, 5.41) is 11.9. The maximum Gasteiger partial charge on any atom is 0.232 e. The van der Waals surface area contributed by atoms with Crippen LogP contribution in [0.25, 0.3) is 0 Å². The lowest BCUT2D eigenvalue weighted by Gasteiger charge is -2.01. The van der Waals surface area contributed by atoms with Crippen molar-refractivity contribution in [2.24, 2.45) is 5.73 Å². The predicted molar refractivity (Wildman–Crippen MR) is 115 cm³/mol. The van der Waals surface area contributed by atoms with Crippen molar-refractivity contribution >= 4 is 0 Å². The van der Waals surface area contributed by atoms with Crippen molar-refractivity contribution in [1.29, 1.82) is 0 Å². The van der Waals surface area contributed by atoms with Gasteiger partial charge in [0.05, 0.1) is 12.0 Å². The van der Waals surface area contributed by atoms with Gasteiger partial charge in [0.2, 0.25) is 17.7 Å². The molecule has 7 nitrogen and oxygen atoms in total. The highest BCUT2D eigenvalue weighted by Gasteiger charge is 2.15. The Hall–Kier alpha value is -3.32. The van der Waals surface area contributed by atoms with Crippen molar-refractivity contribution in [2.75, 3.05) is 0 Å². The van der Waals surface area contributed by atoms with E-state index in [1.54, 1.807) is 6.92 Å². The van der Waals surface area contributed by atoms with Crippen molar-refractivity contribution in [3.8, 4) is 0 Å². The van der Waals surface area contributed by atoms with Crippen LogP contribution in [0.5, 0.6) is 0 Å². The molecule has 30 heavy (non-hydrogen) atoms. The van der Waals surface area contributed by atoms with E-state index in [0.29, 0.717) is 36.3 Å². The standard InChI is InChI=1S/C16H19N5O2.C7H8/c1-11(17)16-20-19-14(22-16)10-9-13-18-15(21-23-13)12-7-5-3-2-4-6-8-12;1-7-5-3-2-4-6-7/h2-3,5-8,11-12H,4,9-10,17H2,1H3;2-6H,1H3/b3-2-,7-5?,8-6-;. The molecule has 2 N–H and O–H groups in total. The summed E-state index contributed by atoms with van der Waals surface area (Å²) in [6.45, 7) is 3.88. The maximum atomic E-state index is 5.69. The monoisotopic (exact) mass is 405 g/mol. The van der Waals surface area contributed by atoms with E-state index in [4.69, 9.17) is 14.7 Å². The van der Waals surface area contributed by atoms with E-state index in [0.717, 1.165) is 6.42 Å². The van der Waals surface area contributed by atoms with Gasteiger partial charge in [0.15, 0.2) is 5.82 Å². The molecule has 7 heteroatoms. The van der Waals surface area contributed by atoms with Gasteiger partial charge in [-0.2, -0.15) is 4.98 Å². The van der Waals surface area contributed by atoms with Gasteiger partial charge in [-0.3, -0.25) is 0 Å². The molecule has 0 fully saturated rings. The summed E-state index contributed by atoms with van der Waals surface area (Å²) < 4.78 is 10.8. The van der Waals surface area contributed by atoms with E-state index in [-0.39, 0.29) is 12.0 Å². The van der Waals surface area contributed by atoms with E-state index < -0.39 is 0 Å². The second-order valence-electron chi connectivity index (χ2n) is 7.03. The number of aryl methyl sites for hydroxylation is 3. The molecule has 156 valence electrons. The van der Waals surface area contributed by atoms with Crippen LogP contribution in [0, 0.1) is 6.92 Å². The molecule has 0 saturated carbocycles. The SMILES string of the molecule is CC(N)c1nnc(CCc2nc(C3C=C/C=C\C/C=C\3)no2)o1.Cc1ccccc1. The molecule has 2 aromatic heterocycles. The van der Waals surface area contributed by atoms with E-state index >= 15 is 0 Å². The quantitative estimate of drug-likeness (QED) is 0.627. The van der Waals surface area contributed by atoms with Crippen molar-refractivity contribution in [1.82, 2.24) is 20.3 Å². The second kappa shape index (κ2) is 11.0. The minimum absolute atomic E-state index is 0.0329. The van der Waals surface area contributed by atoms with Crippen molar-refractivity contribution in [3.63, 3.8) is 0 Å². The van der Waals surface area contributed by atoms with Crippen LogP contribution < -0.4 is 5.73 Å². The van der Waals surface area contributed by atoms with Crippen LogP contribution in [-0.4, -0.2) is 20.3 Å². The molecule has 0 saturated heterocycles. The molecule has 2 unspecified atom stereocenters. The van der Waals surface area contributed by atoms with Crippen molar-refractivity contribution in [3.05, 3.63) is 95.8 Å². The molecule has 1 aromatic carbocycles. The molecular formula is C23H27N5O2. The molecule has 4 rings (SSSR count). The van der Waals surface area contributed by atoms with Crippen LogP contribution in [0.3, 0.4) is 0 Å². The van der Waals surface area contributed by atoms with E-state index in [1.165, 1.54) is 5.56 Å². The fourth-order valence-electron chi connectivity index (χ4n) is 2.69. The Kier molecular flexibility index (Phi) is 7.86. The van der Waals surface area contributed by atoms with Gasteiger partial charge >= 0.3 is 0 Å². The van der Waals surface area contributed by atoms with Gasteiger partial charge in [0.1, 0.15) is 0 Å². The smallest absolute Gasteiger partial charge is 0.232 e. The minimum Gasteiger partial charge on any atom is -0.424 e. The number of hydrogen-bond acceptors (Lipinski definition) is 7. The van der Waals surface area contributed by atoms with Crippen LogP contribution in [0.15, 0.2) is 75.7 Å². The molecule has 0 amide bonds. The number of nitrogens with two attached hydrogens (primary N) is 1. The van der Waals surface area contributed by atoms with Gasteiger partial charge in [-0.15, -0.1) is 10.2 Å². The summed E-state index contributed by atoms with van der Waals surface area (Å²) in [5.41, 5.74) is 7.01. The third-order valence-corrected chi connectivity index (χ3v) is 4.33. The zero-order valence-electron chi connectivity index (χ0n) is 17.3. The molecule has 3 aromatic rings. The Morgan fingerprint density at radius 1 is 1.03 bits per heavy atom. The third-order valence-electron chi connectivity index (χ3n) is 4.33. The molecular weight excluding hydrogens is 378 g/mol. The van der Waals surface area contributed by atoms with Crippen LogP contribution in [0.4, 0.5) is 0 Å². The van der Waals surface area contributed by atoms with Gasteiger partial charge in [0, 0.05) is 12.8 Å². The second-order valence-corrected chi connectivity index (χ2v) is 7.03. The third kappa shape index (κ3) is 6.63. The number of aromatic nitrogens is 4. The van der Waals surface area contributed by atoms with E-state index in [2.05, 4.69) is 57.6 Å². The van der Waals surface area contributed by atoms with Gasteiger partial charge in [-0.25, -0.2) is 0 Å². The number of benzene rings is 1. The Morgan fingerprint density at radius 2 is 1.83 bits per heavy atom. The molecule has 0 radical (unpaired) electrons. The number of allylic oxidation sites excluding steroid dienone is 6. The van der Waals surface area contributed by atoms with E-state index in [9.17, 15) is 0 Å². The largest absolute Gasteiger partial charge is 0.424 e. The van der Waals surface area contributed by atoms with Gasteiger partial charge in [-0.1, -0.05) is 77.5 Å².